The van der Waals surface area contributed by atoms with Crippen molar-refractivity contribution in [2.45, 2.75) is 31.8 Å². The van der Waals surface area contributed by atoms with Gasteiger partial charge in [0.15, 0.2) is 5.78 Å². The van der Waals surface area contributed by atoms with E-state index in [1.165, 1.54) is 24.3 Å². The predicted molar refractivity (Wildman–Crippen MR) is 56.4 cm³/mol. The molecule has 0 spiro atoms. The molecule has 80 valence electrons. The maximum atomic E-state index is 12.6. The highest BCUT2D eigenvalue weighted by Crippen LogP contribution is 2.20. The van der Waals surface area contributed by atoms with Crippen LogP contribution >= 0.6 is 0 Å². The lowest BCUT2D eigenvalue weighted by molar-refractivity contribution is 0.0950. The van der Waals surface area contributed by atoms with Gasteiger partial charge in [-0.2, -0.15) is 0 Å². The first kappa shape index (κ1) is 10.3. The maximum absolute atomic E-state index is 12.6. The van der Waals surface area contributed by atoms with Gasteiger partial charge in [-0.1, -0.05) is 0 Å². The van der Waals surface area contributed by atoms with Crippen LogP contribution in [0.3, 0.4) is 0 Å². The molecular formula is C12H14FNO. The van der Waals surface area contributed by atoms with Gasteiger partial charge in [0.2, 0.25) is 0 Å². The molecule has 15 heavy (non-hydrogen) atoms. The van der Waals surface area contributed by atoms with E-state index < -0.39 is 0 Å². The molecule has 1 aliphatic rings. The van der Waals surface area contributed by atoms with Crippen LogP contribution in [-0.4, -0.2) is 17.9 Å². The van der Waals surface area contributed by atoms with E-state index in [4.69, 9.17) is 0 Å². The highest BCUT2D eigenvalue weighted by molar-refractivity contribution is 5.99. The average Bonchev–Trinajstić information content (AvgIpc) is 3.02. The topological polar surface area (TPSA) is 29.1 Å². The van der Waals surface area contributed by atoms with Gasteiger partial charge >= 0.3 is 0 Å². The van der Waals surface area contributed by atoms with Gasteiger partial charge in [-0.15, -0.1) is 0 Å². The molecule has 1 atom stereocenters. The SMILES string of the molecule is CC(NC1CC1)C(=O)c1ccc(F)cc1. The Morgan fingerprint density at radius 2 is 2.00 bits per heavy atom. The number of halogens is 1. The second-order valence-electron chi connectivity index (χ2n) is 4.03. The fraction of sp³-hybridized carbons (Fsp3) is 0.417. The molecule has 1 N–H and O–H groups in total. The zero-order chi connectivity index (χ0) is 10.8. The minimum absolute atomic E-state index is 0.0295. The van der Waals surface area contributed by atoms with Gasteiger partial charge in [-0.25, -0.2) is 4.39 Å². The second-order valence-corrected chi connectivity index (χ2v) is 4.03. The van der Waals surface area contributed by atoms with Crippen LogP contribution in [0.4, 0.5) is 4.39 Å². The van der Waals surface area contributed by atoms with Crippen molar-refractivity contribution in [3.8, 4) is 0 Å². The number of hydrogen-bond donors (Lipinski definition) is 1. The first-order valence-corrected chi connectivity index (χ1v) is 5.22. The summed E-state index contributed by atoms with van der Waals surface area (Å²) in [6.45, 7) is 1.85. The van der Waals surface area contributed by atoms with Crippen molar-refractivity contribution >= 4 is 5.78 Å². The molecule has 3 heteroatoms. The minimum Gasteiger partial charge on any atom is -0.305 e. The molecule has 0 saturated heterocycles. The van der Waals surface area contributed by atoms with Crippen molar-refractivity contribution in [1.29, 1.82) is 0 Å². The van der Waals surface area contributed by atoms with Crippen molar-refractivity contribution in [1.82, 2.24) is 5.32 Å². The van der Waals surface area contributed by atoms with Crippen LogP contribution in [0, 0.1) is 5.82 Å². The van der Waals surface area contributed by atoms with Crippen LogP contribution in [0.5, 0.6) is 0 Å². The van der Waals surface area contributed by atoms with Crippen LogP contribution in [0.2, 0.25) is 0 Å². The Morgan fingerprint density at radius 3 is 2.53 bits per heavy atom. The van der Waals surface area contributed by atoms with Crippen LogP contribution in [-0.2, 0) is 0 Å². The monoisotopic (exact) mass is 207 g/mol. The lowest BCUT2D eigenvalue weighted by Gasteiger charge is -2.11. The molecular weight excluding hydrogens is 193 g/mol. The molecule has 0 amide bonds. The largest absolute Gasteiger partial charge is 0.305 e. The van der Waals surface area contributed by atoms with Gasteiger partial charge in [0, 0.05) is 11.6 Å². The summed E-state index contributed by atoms with van der Waals surface area (Å²) >= 11 is 0. The van der Waals surface area contributed by atoms with E-state index in [0.29, 0.717) is 11.6 Å². The zero-order valence-electron chi connectivity index (χ0n) is 8.66. The third-order valence-corrected chi connectivity index (χ3v) is 2.59. The fourth-order valence-corrected chi connectivity index (χ4v) is 1.54. The van der Waals surface area contributed by atoms with Gasteiger partial charge in [0.05, 0.1) is 6.04 Å². The number of carbonyl (C=O) groups excluding carboxylic acids is 1. The van der Waals surface area contributed by atoms with Gasteiger partial charge in [0.1, 0.15) is 5.82 Å². The summed E-state index contributed by atoms with van der Waals surface area (Å²) in [6.07, 6.45) is 2.31. The fourth-order valence-electron chi connectivity index (χ4n) is 1.54. The van der Waals surface area contributed by atoms with Crippen molar-refractivity contribution < 1.29 is 9.18 Å². The number of hydrogen-bond acceptors (Lipinski definition) is 2. The molecule has 0 bridgehead atoms. The van der Waals surface area contributed by atoms with Gasteiger partial charge in [-0.05, 0) is 44.0 Å². The van der Waals surface area contributed by atoms with E-state index in [1.54, 1.807) is 0 Å². The molecule has 0 aromatic heterocycles. The summed E-state index contributed by atoms with van der Waals surface area (Å²) in [4.78, 5) is 11.8. The smallest absolute Gasteiger partial charge is 0.179 e. The van der Waals surface area contributed by atoms with E-state index in [-0.39, 0.29) is 17.6 Å². The predicted octanol–water partition coefficient (Wildman–Crippen LogP) is 2.15. The lowest BCUT2D eigenvalue weighted by Crippen LogP contribution is -2.35. The first-order chi connectivity index (χ1) is 7.16. The van der Waals surface area contributed by atoms with Crippen molar-refractivity contribution in [2.75, 3.05) is 0 Å². The number of Topliss-reactive ketones (excluding diaryl/α,β-unsaturated/α-hetero) is 1. The Labute approximate surface area is 88.5 Å². The molecule has 1 aromatic carbocycles. The zero-order valence-corrected chi connectivity index (χ0v) is 8.66. The van der Waals surface area contributed by atoms with E-state index in [1.807, 2.05) is 6.92 Å². The normalized spacial score (nSPS) is 17.5. The van der Waals surface area contributed by atoms with Gasteiger partial charge in [0.25, 0.3) is 0 Å². The summed E-state index contributed by atoms with van der Waals surface area (Å²) in [7, 11) is 0. The summed E-state index contributed by atoms with van der Waals surface area (Å²) < 4.78 is 12.6. The van der Waals surface area contributed by atoms with Gasteiger partial charge < -0.3 is 5.32 Å². The standard InChI is InChI=1S/C12H14FNO/c1-8(14-11-6-7-11)12(15)9-2-4-10(13)5-3-9/h2-5,8,11,14H,6-7H2,1H3. The molecule has 2 rings (SSSR count). The molecule has 0 radical (unpaired) electrons. The average molecular weight is 207 g/mol. The Bertz CT molecular complexity index is 356. The highest BCUT2D eigenvalue weighted by Gasteiger charge is 2.25. The molecule has 2 nitrogen and oxygen atoms in total. The number of benzene rings is 1. The Hall–Kier alpha value is -1.22. The molecule has 1 saturated carbocycles. The number of rotatable bonds is 4. The molecule has 1 fully saturated rings. The summed E-state index contributed by atoms with van der Waals surface area (Å²) in [5, 5.41) is 3.22. The molecule has 1 aromatic rings. The van der Waals surface area contributed by atoms with Crippen LogP contribution in [0.1, 0.15) is 30.1 Å². The van der Waals surface area contributed by atoms with E-state index >= 15 is 0 Å². The quantitative estimate of drug-likeness (QED) is 0.766. The lowest BCUT2D eigenvalue weighted by atomic mass is 10.1. The van der Waals surface area contributed by atoms with Crippen LogP contribution in [0.25, 0.3) is 0 Å². The highest BCUT2D eigenvalue weighted by atomic mass is 19.1. The Morgan fingerprint density at radius 1 is 1.40 bits per heavy atom. The minimum atomic E-state index is -0.311. The van der Waals surface area contributed by atoms with Crippen molar-refractivity contribution in [3.05, 3.63) is 35.6 Å². The number of nitrogens with one attached hydrogen (secondary N) is 1. The number of carbonyl (C=O) groups is 1. The molecule has 1 unspecified atom stereocenters. The first-order valence-electron chi connectivity index (χ1n) is 5.22. The van der Waals surface area contributed by atoms with E-state index in [9.17, 15) is 9.18 Å². The van der Waals surface area contributed by atoms with E-state index in [0.717, 1.165) is 12.8 Å². The summed E-state index contributed by atoms with van der Waals surface area (Å²) in [5.41, 5.74) is 0.567. The molecule has 0 heterocycles. The van der Waals surface area contributed by atoms with E-state index in [2.05, 4.69) is 5.32 Å². The van der Waals surface area contributed by atoms with Crippen molar-refractivity contribution in [3.63, 3.8) is 0 Å². The number of ketones is 1. The third kappa shape index (κ3) is 2.63. The molecule has 1 aliphatic carbocycles. The van der Waals surface area contributed by atoms with Crippen LogP contribution in [0.15, 0.2) is 24.3 Å². The second kappa shape index (κ2) is 4.11. The summed E-state index contributed by atoms with van der Waals surface area (Å²) in [6, 6.07) is 6.02. The maximum Gasteiger partial charge on any atom is 0.179 e. The van der Waals surface area contributed by atoms with Crippen molar-refractivity contribution in [2.24, 2.45) is 0 Å². The molecule has 0 aliphatic heterocycles. The van der Waals surface area contributed by atoms with Crippen LogP contribution < -0.4 is 5.32 Å². The Kier molecular flexibility index (Phi) is 2.82. The van der Waals surface area contributed by atoms with Gasteiger partial charge in [-0.3, -0.25) is 4.79 Å². The summed E-state index contributed by atoms with van der Waals surface area (Å²) in [5.74, 6) is -0.281. The third-order valence-electron chi connectivity index (χ3n) is 2.59. The Balaban J connectivity index is 2.02.